The number of hydrogen-bond donors (Lipinski definition) is 2. The second-order valence-corrected chi connectivity index (χ2v) is 5.85. The van der Waals surface area contributed by atoms with Gasteiger partial charge < -0.3 is 25.3 Å². The molecule has 0 spiro atoms. The van der Waals surface area contributed by atoms with Gasteiger partial charge in [0.1, 0.15) is 13.2 Å². The van der Waals surface area contributed by atoms with Crippen LogP contribution in [0.25, 0.3) is 0 Å². The number of carbonyl (C=O) groups excluding carboxylic acids is 1. The fourth-order valence-electron chi connectivity index (χ4n) is 2.66. The first kappa shape index (κ1) is 15.4. The summed E-state index contributed by atoms with van der Waals surface area (Å²) in [5.41, 5.74) is 6.55. The van der Waals surface area contributed by atoms with Gasteiger partial charge in [0, 0.05) is 25.3 Å². The maximum atomic E-state index is 12.3. The Balaban J connectivity index is 1.70. The molecular formula is C15H19ClN2O4. The highest BCUT2D eigenvalue weighted by Crippen LogP contribution is 2.38. The van der Waals surface area contributed by atoms with Crippen LogP contribution in [0.3, 0.4) is 0 Å². The highest BCUT2D eigenvalue weighted by Gasteiger charge is 2.27. The lowest BCUT2D eigenvalue weighted by atomic mass is 9.92. The molecule has 1 aromatic rings. The summed E-state index contributed by atoms with van der Waals surface area (Å²) in [6.45, 7) is 2.26. The molecule has 22 heavy (non-hydrogen) atoms. The van der Waals surface area contributed by atoms with Gasteiger partial charge in [0.05, 0.1) is 16.8 Å². The zero-order valence-corrected chi connectivity index (χ0v) is 12.9. The molecule has 0 radical (unpaired) electrons. The molecule has 0 saturated carbocycles. The van der Waals surface area contributed by atoms with E-state index in [4.69, 9.17) is 31.5 Å². The zero-order chi connectivity index (χ0) is 15.5. The van der Waals surface area contributed by atoms with Crippen LogP contribution in [0, 0.1) is 5.92 Å². The molecule has 2 aliphatic heterocycles. The van der Waals surface area contributed by atoms with Crippen molar-refractivity contribution in [3.63, 3.8) is 0 Å². The molecule has 0 aliphatic carbocycles. The standard InChI is InChI=1S/C15H19ClN2O4/c16-10-7-12-13(22-6-5-21-12)8-11(10)18-15(19)14(17)9-1-3-20-4-2-9/h7-9,14H,1-6,17H2,(H,18,19). The highest BCUT2D eigenvalue weighted by atomic mass is 35.5. The number of fused-ring (bicyclic) bond motifs is 1. The summed E-state index contributed by atoms with van der Waals surface area (Å²) in [6.07, 6.45) is 1.59. The minimum atomic E-state index is -0.576. The summed E-state index contributed by atoms with van der Waals surface area (Å²) in [5.74, 6) is 1.05. The van der Waals surface area contributed by atoms with Gasteiger partial charge in [0.25, 0.3) is 0 Å². The Morgan fingerprint density at radius 2 is 1.82 bits per heavy atom. The molecule has 1 aromatic carbocycles. The molecule has 0 aromatic heterocycles. The summed E-state index contributed by atoms with van der Waals surface area (Å²) >= 11 is 6.18. The summed E-state index contributed by atoms with van der Waals surface area (Å²) < 4.78 is 16.2. The van der Waals surface area contributed by atoms with E-state index in [1.165, 1.54) is 0 Å². The number of rotatable bonds is 3. The molecule has 1 unspecified atom stereocenters. The molecule has 1 atom stereocenters. The lowest BCUT2D eigenvalue weighted by molar-refractivity contribution is -0.119. The third-order valence-corrected chi connectivity index (χ3v) is 4.28. The Labute approximate surface area is 133 Å². The van der Waals surface area contributed by atoms with Crippen LogP contribution in [0.1, 0.15) is 12.8 Å². The molecule has 0 bridgehead atoms. The number of benzene rings is 1. The number of hydrogen-bond acceptors (Lipinski definition) is 5. The summed E-state index contributed by atoms with van der Waals surface area (Å²) in [4.78, 5) is 12.3. The normalized spacial score (nSPS) is 19.5. The average molecular weight is 327 g/mol. The van der Waals surface area contributed by atoms with Gasteiger partial charge in [-0.2, -0.15) is 0 Å². The van der Waals surface area contributed by atoms with Crippen LogP contribution in [-0.2, 0) is 9.53 Å². The van der Waals surface area contributed by atoms with Crippen molar-refractivity contribution in [3.05, 3.63) is 17.2 Å². The van der Waals surface area contributed by atoms with Crippen molar-refractivity contribution in [2.75, 3.05) is 31.7 Å². The van der Waals surface area contributed by atoms with Crippen LogP contribution in [0.5, 0.6) is 11.5 Å². The molecule has 7 heteroatoms. The second-order valence-electron chi connectivity index (χ2n) is 5.44. The van der Waals surface area contributed by atoms with Crippen LogP contribution < -0.4 is 20.5 Å². The van der Waals surface area contributed by atoms with Crippen LogP contribution >= 0.6 is 11.6 Å². The number of amides is 1. The van der Waals surface area contributed by atoms with Gasteiger partial charge >= 0.3 is 0 Å². The molecule has 6 nitrogen and oxygen atoms in total. The van der Waals surface area contributed by atoms with E-state index in [0.717, 1.165) is 12.8 Å². The number of nitrogens with two attached hydrogens (primary N) is 1. The van der Waals surface area contributed by atoms with Gasteiger partial charge in [0.15, 0.2) is 11.5 Å². The van der Waals surface area contributed by atoms with Gasteiger partial charge in [-0.1, -0.05) is 11.6 Å². The van der Waals surface area contributed by atoms with E-state index >= 15 is 0 Å². The van der Waals surface area contributed by atoms with Crippen LogP contribution in [-0.4, -0.2) is 38.4 Å². The number of anilines is 1. The Morgan fingerprint density at radius 3 is 2.50 bits per heavy atom. The third kappa shape index (κ3) is 3.29. The second kappa shape index (κ2) is 6.73. The van der Waals surface area contributed by atoms with E-state index in [1.807, 2.05) is 0 Å². The molecule has 1 saturated heterocycles. The van der Waals surface area contributed by atoms with Crippen LogP contribution in [0.4, 0.5) is 5.69 Å². The predicted octanol–water partition coefficient (Wildman–Crippen LogP) is 1.80. The van der Waals surface area contributed by atoms with Crippen molar-refractivity contribution >= 4 is 23.2 Å². The van der Waals surface area contributed by atoms with Crippen molar-refractivity contribution in [1.29, 1.82) is 0 Å². The summed E-state index contributed by atoms with van der Waals surface area (Å²) in [6, 6.07) is 2.74. The number of carbonyl (C=O) groups is 1. The monoisotopic (exact) mass is 326 g/mol. The molecular weight excluding hydrogens is 308 g/mol. The highest BCUT2D eigenvalue weighted by molar-refractivity contribution is 6.34. The van der Waals surface area contributed by atoms with Crippen molar-refractivity contribution < 1.29 is 19.0 Å². The van der Waals surface area contributed by atoms with E-state index < -0.39 is 6.04 Å². The largest absolute Gasteiger partial charge is 0.486 e. The molecule has 1 amide bonds. The quantitative estimate of drug-likeness (QED) is 0.885. The van der Waals surface area contributed by atoms with E-state index in [0.29, 0.717) is 48.6 Å². The van der Waals surface area contributed by atoms with E-state index in [9.17, 15) is 4.79 Å². The number of halogens is 1. The van der Waals surface area contributed by atoms with Crippen molar-refractivity contribution in [3.8, 4) is 11.5 Å². The summed E-state index contributed by atoms with van der Waals surface area (Å²) in [7, 11) is 0. The minimum Gasteiger partial charge on any atom is -0.486 e. The van der Waals surface area contributed by atoms with Crippen molar-refractivity contribution in [2.45, 2.75) is 18.9 Å². The van der Waals surface area contributed by atoms with Crippen molar-refractivity contribution in [2.24, 2.45) is 11.7 Å². The SMILES string of the molecule is NC(C(=O)Nc1cc2c(cc1Cl)OCCO2)C1CCOCC1. The maximum Gasteiger partial charge on any atom is 0.241 e. The Morgan fingerprint density at radius 1 is 1.18 bits per heavy atom. The molecule has 2 heterocycles. The number of ether oxygens (including phenoxy) is 3. The Hall–Kier alpha value is -1.50. The maximum absolute atomic E-state index is 12.3. The predicted molar refractivity (Wildman–Crippen MR) is 82.6 cm³/mol. The van der Waals surface area contributed by atoms with E-state index in [1.54, 1.807) is 12.1 Å². The third-order valence-electron chi connectivity index (χ3n) is 3.97. The van der Waals surface area contributed by atoms with Gasteiger partial charge in [-0.25, -0.2) is 0 Å². The average Bonchev–Trinajstić information content (AvgIpc) is 2.55. The van der Waals surface area contributed by atoms with Crippen LogP contribution in [0.15, 0.2) is 12.1 Å². The van der Waals surface area contributed by atoms with Crippen molar-refractivity contribution in [1.82, 2.24) is 0 Å². The fourth-order valence-corrected chi connectivity index (χ4v) is 2.87. The lowest BCUT2D eigenvalue weighted by Crippen LogP contribution is -2.44. The molecule has 3 N–H and O–H groups in total. The summed E-state index contributed by atoms with van der Waals surface area (Å²) in [5, 5.41) is 3.18. The Kier molecular flexibility index (Phi) is 4.71. The lowest BCUT2D eigenvalue weighted by Gasteiger charge is -2.27. The topological polar surface area (TPSA) is 82.8 Å². The smallest absolute Gasteiger partial charge is 0.241 e. The Bertz CT molecular complexity index is 561. The van der Waals surface area contributed by atoms with E-state index in [-0.39, 0.29) is 11.8 Å². The van der Waals surface area contributed by atoms with E-state index in [2.05, 4.69) is 5.32 Å². The molecule has 2 aliphatic rings. The first-order chi connectivity index (χ1) is 10.6. The molecule has 3 rings (SSSR count). The van der Waals surface area contributed by atoms with Gasteiger partial charge in [0.2, 0.25) is 5.91 Å². The van der Waals surface area contributed by atoms with Gasteiger partial charge in [-0.05, 0) is 18.8 Å². The molecule has 1 fully saturated rings. The minimum absolute atomic E-state index is 0.129. The molecule has 120 valence electrons. The van der Waals surface area contributed by atoms with Gasteiger partial charge in [-0.3, -0.25) is 4.79 Å². The fraction of sp³-hybridized carbons (Fsp3) is 0.533. The first-order valence-electron chi connectivity index (χ1n) is 7.38. The zero-order valence-electron chi connectivity index (χ0n) is 12.1. The van der Waals surface area contributed by atoms with Gasteiger partial charge in [-0.15, -0.1) is 0 Å². The van der Waals surface area contributed by atoms with Crippen LogP contribution in [0.2, 0.25) is 5.02 Å². The first-order valence-corrected chi connectivity index (χ1v) is 7.76. The number of nitrogens with one attached hydrogen (secondary N) is 1.